The molecule has 154 valence electrons. The fraction of sp³-hybridized carbons (Fsp3) is 0.364. The minimum atomic E-state index is -0.0988. The number of halogens is 1. The molecule has 1 heterocycles. The Morgan fingerprint density at radius 3 is 2.38 bits per heavy atom. The van der Waals surface area contributed by atoms with Crippen molar-refractivity contribution in [2.45, 2.75) is 13.5 Å². The summed E-state index contributed by atoms with van der Waals surface area (Å²) in [5.41, 5.74) is 4.77. The van der Waals surface area contributed by atoms with E-state index in [0.717, 1.165) is 49.1 Å². The second-order valence-electron chi connectivity index (χ2n) is 6.97. The van der Waals surface area contributed by atoms with E-state index >= 15 is 0 Å². The first-order valence-corrected chi connectivity index (χ1v) is 10.2. The number of benzene rings is 2. The molecule has 1 fully saturated rings. The van der Waals surface area contributed by atoms with E-state index in [1.807, 2.05) is 43.3 Å². The maximum Gasteiger partial charge on any atom is 0.254 e. The Morgan fingerprint density at radius 1 is 1.07 bits per heavy atom. The summed E-state index contributed by atoms with van der Waals surface area (Å²) in [4.78, 5) is 16.7. The van der Waals surface area contributed by atoms with Gasteiger partial charge in [-0.15, -0.1) is 0 Å². The summed E-state index contributed by atoms with van der Waals surface area (Å²) in [6.45, 7) is 7.45. The second-order valence-corrected chi connectivity index (χ2v) is 7.41. The lowest BCUT2D eigenvalue weighted by atomic mass is 10.2. The molecule has 0 saturated carbocycles. The van der Waals surface area contributed by atoms with Gasteiger partial charge in [-0.05, 0) is 54.4 Å². The fourth-order valence-corrected chi connectivity index (χ4v) is 3.31. The third-order valence-electron chi connectivity index (χ3n) is 4.75. The highest BCUT2D eigenvalue weighted by Crippen LogP contribution is 2.13. The fourth-order valence-electron chi connectivity index (χ4n) is 3.19. The van der Waals surface area contributed by atoms with E-state index in [2.05, 4.69) is 32.5 Å². The van der Waals surface area contributed by atoms with Gasteiger partial charge in [0.25, 0.3) is 5.91 Å². The predicted molar refractivity (Wildman–Crippen MR) is 117 cm³/mol. The van der Waals surface area contributed by atoms with E-state index < -0.39 is 0 Å². The van der Waals surface area contributed by atoms with Crippen molar-refractivity contribution >= 4 is 23.7 Å². The highest BCUT2D eigenvalue weighted by atomic mass is 35.5. The molecule has 0 aromatic heterocycles. The van der Waals surface area contributed by atoms with Crippen LogP contribution in [0.4, 0.5) is 0 Å². The van der Waals surface area contributed by atoms with Crippen molar-refractivity contribution in [2.75, 3.05) is 39.3 Å². The van der Waals surface area contributed by atoms with Crippen LogP contribution in [0.25, 0.3) is 0 Å². The van der Waals surface area contributed by atoms with Crippen LogP contribution in [-0.2, 0) is 11.3 Å². The molecule has 3 rings (SSSR count). The molecule has 7 heteroatoms. The van der Waals surface area contributed by atoms with E-state index in [0.29, 0.717) is 13.2 Å². The minimum Gasteiger partial charge on any atom is -0.494 e. The molecule has 0 atom stereocenters. The van der Waals surface area contributed by atoms with Gasteiger partial charge in [-0.25, -0.2) is 5.43 Å². The molecule has 29 heavy (non-hydrogen) atoms. The van der Waals surface area contributed by atoms with Gasteiger partial charge in [0.05, 0.1) is 19.4 Å². The molecule has 0 unspecified atom stereocenters. The number of amides is 1. The molecule has 1 N–H and O–H groups in total. The zero-order chi connectivity index (χ0) is 20.5. The maximum atomic E-state index is 12.1. The van der Waals surface area contributed by atoms with E-state index in [4.69, 9.17) is 16.3 Å². The lowest BCUT2D eigenvalue weighted by molar-refractivity contribution is -0.122. The molecule has 0 aliphatic carbocycles. The Morgan fingerprint density at radius 2 is 1.72 bits per heavy atom. The van der Waals surface area contributed by atoms with E-state index in [9.17, 15) is 4.79 Å². The highest BCUT2D eigenvalue weighted by molar-refractivity contribution is 6.30. The minimum absolute atomic E-state index is 0.0988. The molecule has 2 aromatic carbocycles. The molecule has 1 aliphatic rings. The van der Waals surface area contributed by atoms with Crippen LogP contribution in [-0.4, -0.2) is 61.3 Å². The number of ether oxygens (including phenoxy) is 1. The van der Waals surface area contributed by atoms with Crippen LogP contribution >= 0.6 is 11.6 Å². The van der Waals surface area contributed by atoms with Gasteiger partial charge in [-0.2, -0.15) is 5.10 Å². The molecule has 1 aliphatic heterocycles. The van der Waals surface area contributed by atoms with Gasteiger partial charge in [-0.3, -0.25) is 14.6 Å². The molecule has 0 spiro atoms. The molecule has 1 saturated heterocycles. The highest BCUT2D eigenvalue weighted by Gasteiger charge is 2.18. The van der Waals surface area contributed by atoms with Crippen LogP contribution in [0.3, 0.4) is 0 Å². The summed E-state index contributed by atoms with van der Waals surface area (Å²) in [7, 11) is 0. The third kappa shape index (κ3) is 7.16. The van der Waals surface area contributed by atoms with Crippen molar-refractivity contribution in [3.8, 4) is 5.75 Å². The summed E-state index contributed by atoms with van der Waals surface area (Å²) in [5, 5.41) is 4.81. The van der Waals surface area contributed by atoms with Gasteiger partial charge in [0, 0.05) is 37.7 Å². The molecule has 0 radical (unpaired) electrons. The Kier molecular flexibility index (Phi) is 8.04. The number of carbonyl (C=O) groups excluding carboxylic acids is 1. The number of piperazine rings is 1. The maximum absolute atomic E-state index is 12.1. The smallest absolute Gasteiger partial charge is 0.254 e. The zero-order valence-electron chi connectivity index (χ0n) is 16.7. The van der Waals surface area contributed by atoms with Crippen molar-refractivity contribution in [2.24, 2.45) is 5.10 Å². The number of hydrazone groups is 1. The first-order valence-electron chi connectivity index (χ1n) is 9.86. The van der Waals surface area contributed by atoms with Gasteiger partial charge >= 0.3 is 0 Å². The van der Waals surface area contributed by atoms with Gasteiger partial charge in [0.1, 0.15) is 5.75 Å². The number of hydrogen-bond donors (Lipinski definition) is 1. The molecule has 6 nitrogen and oxygen atoms in total. The summed E-state index contributed by atoms with van der Waals surface area (Å²) in [6.07, 6.45) is 1.64. The van der Waals surface area contributed by atoms with Gasteiger partial charge in [-0.1, -0.05) is 23.7 Å². The van der Waals surface area contributed by atoms with Crippen LogP contribution in [0.2, 0.25) is 5.02 Å². The SMILES string of the molecule is CCOc1ccc(/C=N/NC(=O)CN2CCN(Cc3ccc(Cl)cc3)CC2)cc1. The summed E-state index contributed by atoms with van der Waals surface area (Å²) in [5.74, 6) is 0.724. The lowest BCUT2D eigenvalue weighted by Gasteiger charge is -2.34. The second kappa shape index (κ2) is 11.0. The largest absolute Gasteiger partial charge is 0.494 e. The number of nitrogens with one attached hydrogen (secondary N) is 1. The molecule has 0 bridgehead atoms. The predicted octanol–water partition coefficient (Wildman–Crippen LogP) is 3.01. The number of hydrogen-bond acceptors (Lipinski definition) is 5. The van der Waals surface area contributed by atoms with Crippen LogP contribution in [0.1, 0.15) is 18.1 Å². The Labute approximate surface area is 177 Å². The van der Waals surface area contributed by atoms with Crippen LogP contribution in [0, 0.1) is 0 Å². The summed E-state index contributed by atoms with van der Waals surface area (Å²) < 4.78 is 5.41. The standard InChI is InChI=1S/C22H27ClN4O2/c1-2-29-21-9-5-18(6-10-21)15-24-25-22(28)17-27-13-11-26(12-14-27)16-19-3-7-20(23)8-4-19/h3-10,15H,2,11-14,16-17H2,1H3,(H,25,28)/b24-15+. The molecule has 1 amide bonds. The Hall–Kier alpha value is -2.41. The monoisotopic (exact) mass is 414 g/mol. The Balaban J connectivity index is 1.36. The average molecular weight is 415 g/mol. The first-order chi connectivity index (χ1) is 14.1. The van der Waals surface area contributed by atoms with Crippen molar-refractivity contribution in [1.82, 2.24) is 15.2 Å². The third-order valence-corrected chi connectivity index (χ3v) is 5.00. The summed E-state index contributed by atoms with van der Waals surface area (Å²) >= 11 is 5.94. The number of nitrogens with zero attached hydrogens (tertiary/aromatic N) is 3. The van der Waals surface area contributed by atoms with Crippen LogP contribution in [0.15, 0.2) is 53.6 Å². The van der Waals surface area contributed by atoms with Gasteiger partial charge in [0.2, 0.25) is 0 Å². The quantitative estimate of drug-likeness (QED) is 0.533. The van der Waals surface area contributed by atoms with Gasteiger partial charge < -0.3 is 4.74 Å². The van der Waals surface area contributed by atoms with Gasteiger partial charge in [0.15, 0.2) is 0 Å². The molecule has 2 aromatic rings. The normalized spacial score (nSPS) is 15.5. The average Bonchev–Trinajstić information content (AvgIpc) is 2.73. The van der Waals surface area contributed by atoms with Crippen LogP contribution < -0.4 is 10.2 Å². The van der Waals surface area contributed by atoms with Crippen LogP contribution in [0.5, 0.6) is 5.75 Å². The molecular weight excluding hydrogens is 388 g/mol. The van der Waals surface area contributed by atoms with E-state index in [1.165, 1.54) is 5.56 Å². The van der Waals surface area contributed by atoms with Crippen molar-refractivity contribution in [3.63, 3.8) is 0 Å². The summed E-state index contributed by atoms with van der Waals surface area (Å²) in [6, 6.07) is 15.5. The topological polar surface area (TPSA) is 57.2 Å². The van der Waals surface area contributed by atoms with E-state index in [-0.39, 0.29) is 5.91 Å². The van der Waals surface area contributed by atoms with E-state index in [1.54, 1.807) is 6.21 Å². The van der Waals surface area contributed by atoms with Crippen molar-refractivity contribution in [1.29, 1.82) is 0 Å². The lowest BCUT2D eigenvalue weighted by Crippen LogP contribution is -2.48. The first kappa shape index (κ1) is 21.3. The van der Waals surface area contributed by atoms with Crippen molar-refractivity contribution < 1.29 is 9.53 Å². The van der Waals surface area contributed by atoms with Crippen molar-refractivity contribution in [3.05, 3.63) is 64.7 Å². The number of carbonyl (C=O) groups is 1. The zero-order valence-corrected chi connectivity index (χ0v) is 17.4. The number of rotatable bonds is 8. The Bertz CT molecular complexity index is 801. The molecular formula is C22H27ClN4O2.